The summed E-state index contributed by atoms with van der Waals surface area (Å²) in [5, 5.41) is 3.13. The molecule has 0 spiro atoms. The van der Waals surface area contributed by atoms with E-state index in [1.807, 2.05) is 33.8 Å². The Morgan fingerprint density at radius 3 is 2.48 bits per heavy atom. The van der Waals surface area contributed by atoms with E-state index in [4.69, 9.17) is 0 Å². The molecule has 2 heterocycles. The Kier molecular flexibility index (Phi) is 5.72. The molecule has 0 aromatic carbocycles. The lowest BCUT2D eigenvalue weighted by atomic mass is 10.3. The molecule has 8 heteroatoms. The van der Waals surface area contributed by atoms with E-state index in [9.17, 15) is 8.42 Å². The van der Waals surface area contributed by atoms with Gasteiger partial charge in [0.1, 0.15) is 11.6 Å². The lowest BCUT2D eigenvalue weighted by Gasteiger charge is -2.09. The summed E-state index contributed by atoms with van der Waals surface area (Å²) in [6.45, 7) is 8.35. The molecule has 6 nitrogen and oxygen atoms in total. The van der Waals surface area contributed by atoms with Gasteiger partial charge in [0.15, 0.2) is 0 Å². The van der Waals surface area contributed by atoms with Crippen LogP contribution in [0.3, 0.4) is 0 Å². The number of aromatic nitrogens is 2. The van der Waals surface area contributed by atoms with Crippen LogP contribution in [-0.2, 0) is 16.4 Å². The van der Waals surface area contributed by atoms with Crippen molar-refractivity contribution >= 4 is 27.2 Å². The first-order valence-corrected chi connectivity index (χ1v) is 9.77. The van der Waals surface area contributed by atoms with Gasteiger partial charge in [-0.25, -0.2) is 23.1 Å². The van der Waals surface area contributed by atoms with Crippen LogP contribution in [0.25, 0.3) is 0 Å². The number of sulfonamides is 1. The molecule has 0 fully saturated rings. The Balaban J connectivity index is 1.92. The molecule has 0 atom stereocenters. The minimum absolute atomic E-state index is 0.293. The maximum atomic E-state index is 12.3. The molecule has 0 amide bonds. The maximum absolute atomic E-state index is 12.3. The average molecular weight is 355 g/mol. The topological polar surface area (TPSA) is 84.0 Å². The standard InChI is InChI=1S/C15H22N4O2S2/c1-5-13-9-15(19-12(4)18-13)16-6-7-17-23(20,21)14-8-10(2)22-11(14)3/h8-9,17H,5-7H2,1-4H3,(H,16,18,19). The number of hydrogen-bond donors (Lipinski definition) is 2. The minimum atomic E-state index is -3.46. The Morgan fingerprint density at radius 1 is 1.13 bits per heavy atom. The lowest BCUT2D eigenvalue weighted by Crippen LogP contribution is -2.29. The Hall–Kier alpha value is -1.51. The van der Waals surface area contributed by atoms with Crippen LogP contribution in [0.4, 0.5) is 5.82 Å². The van der Waals surface area contributed by atoms with Gasteiger partial charge in [-0.05, 0) is 33.3 Å². The van der Waals surface area contributed by atoms with Crippen LogP contribution in [0, 0.1) is 20.8 Å². The highest BCUT2D eigenvalue weighted by molar-refractivity contribution is 7.89. The molecule has 23 heavy (non-hydrogen) atoms. The third kappa shape index (κ3) is 4.73. The van der Waals surface area contributed by atoms with Crippen LogP contribution in [0.2, 0.25) is 0 Å². The van der Waals surface area contributed by atoms with Crippen LogP contribution in [0.5, 0.6) is 0 Å². The van der Waals surface area contributed by atoms with Crippen molar-refractivity contribution in [2.75, 3.05) is 18.4 Å². The Labute approximate surface area is 141 Å². The van der Waals surface area contributed by atoms with Crippen LogP contribution >= 0.6 is 11.3 Å². The van der Waals surface area contributed by atoms with E-state index in [1.165, 1.54) is 11.3 Å². The quantitative estimate of drug-likeness (QED) is 0.746. The second-order valence-corrected chi connectivity index (χ2v) is 8.44. The fourth-order valence-electron chi connectivity index (χ4n) is 2.23. The first-order valence-electron chi connectivity index (χ1n) is 7.47. The second kappa shape index (κ2) is 7.37. The van der Waals surface area contributed by atoms with E-state index in [0.717, 1.165) is 27.7 Å². The van der Waals surface area contributed by atoms with E-state index < -0.39 is 10.0 Å². The summed E-state index contributed by atoms with van der Waals surface area (Å²) in [6.07, 6.45) is 0.835. The van der Waals surface area contributed by atoms with Crippen molar-refractivity contribution in [3.63, 3.8) is 0 Å². The highest BCUT2D eigenvalue weighted by atomic mass is 32.2. The molecule has 0 radical (unpaired) electrons. The molecular weight excluding hydrogens is 332 g/mol. The second-order valence-electron chi connectivity index (χ2n) is 5.25. The fourth-order valence-corrected chi connectivity index (χ4v) is 4.81. The predicted octanol–water partition coefficient (Wildman–Crippen LogP) is 2.42. The minimum Gasteiger partial charge on any atom is -0.369 e. The molecule has 0 unspecified atom stereocenters. The van der Waals surface area contributed by atoms with Gasteiger partial charge in [-0.2, -0.15) is 0 Å². The molecule has 2 N–H and O–H groups in total. The zero-order valence-electron chi connectivity index (χ0n) is 13.8. The summed E-state index contributed by atoms with van der Waals surface area (Å²) in [4.78, 5) is 10.8. The summed E-state index contributed by atoms with van der Waals surface area (Å²) in [5.74, 6) is 1.42. The van der Waals surface area contributed by atoms with Gasteiger partial charge in [0.05, 0.1) is 4.90 Å². The van der Waals surface area contributed by atoms with E-state index in [0.29, 0.717) is 23.8 Å². The summed E-state index contributed by atoms with van der Waals surface area (Å²) < 4.78 is 27.2. The van der Waals surface area contributed by atoms with Gasteiger partial charge >= 0.3 is 0 Å². The molecule has 126 valence electrons. The fraction of sp³-hybridized carbons (Fsp3) is 0.467. The summed E-state index contributed by atoms with van der Waals surface area (Å²) in [7, 11) is -3.46. The lowest BCUT2D eigenvalue weighted by molar-refractivity contribution is 0.582. The van der Waals surface area contributed by atoms with Crippen molar-refractivity contribution in [1.82, 2.24) is 14.7 Å². The molecule has 2 aromatic heterocycles. The number of nitrogens with zero attached hydrogens (tertiary/aromatic N) is 2. The molecule has 0 aliphatic heterocycles. The third-order valence-corrected chi connectivity index (χ3v) is 5.94. The SMILES string of the molecule is CCc1cc(NCCNS(=O)(=O)c2cc(C)sc2C)nc(C)n1. The van der Waals surface area contributed by atoms with Gasteiger partial charge in [0, 0.05) is 34.6 Å². The molecule has 2 rings (SSSR count). The molecule has 0 saturated carbocycles. The van der Waals surface area contributed by atoms with Crippen LogP contribution in [0.1, 0.15) is 28.2 Å². The Morgan fingerprint density at radius 2 is 1.87 bits per heavy atom. The van der Waals surface area contributed by atoms with E-state index in [2.05, 4.69) is 20.0 Å². The molecule has 0 bridgehead atoms. The third-order valence-electron chi connectivity index (χ3n) is 3.26. The van der Waals surface area contributed by atoms with Crippen molar-refractivity contribution in [1.29, 1.82) is 0 Å². The van der Waals surface area contributed by atoms with Crippen molar-refractivity contribution in [3.8, 4) is 0 Å². The molecule has 0 saturated heterocycles. The van der Waals surface area contributed by atoms with Crippen molar-refractivity contribution in [3.05, 3.63) is 33.4 Å². The van der Waals surface area contributed by atoms with Gasteiger partial charge in [-0.3, -0.25) is 0 Å². The summed E-state index contributed by atoms with van der Waals surface area (Å²) >= 11 is 1.49. The number of anilines is 1. The highest BCUT2D eigenvalue weighted by Crippen LogP contribution is 2.24. The zero-order valence-corrected chi connectivity index (χ0v) is 15.4. The predicted molar refractivity (Wildman–Crippen MR) is 93.6 cm³/mol. The first-order chi connectivity index (χ1) is 10.8. The number of aryl methyl sites for hydroxylation is 4. The van der Waals surface area contributed by atoms with Crippen molar-refractivity contribution in [2.45, 2.75) is 39.0 Å². The van der Waals surface area contributed by atoms with Crippen LogP contribution in [-0.4, -0.2) is 31.5 Å². The van der Waals surface area contributed by atoms with Crippen molar-refractivity contribution < 1.29 is 8.42 Å². The van der Waals surface area contributed by atoms with Gasteiger partial charge < -0.3 is 5.32 Å². The van der Waals surface area contributed by atoms with E-state index in [-0.39, 0.29) is 0 Å². The normalized spacial score (nSPS) is 11.7. The Bertz CT molecular complexity index is 785. The maximum Gasteiger partial charge on any atom is 0.241 e. The van der Waals surface area contributed by atoms with Gasteiger partial charge in [-0.15, -0.1) is 11.3 Å². The monoisotopic (exact) mass is 354 g/mol. The highest BCUT2D eigenvalue weighted by Gasteiger charge is 2.18. The molecular formula is C15H22N4O2S2. The van der Waals surface area contributed by atoms with Gasteiger partial charge in [0.2, 0.25) is 10.0 Å². The van der Waals surface area contributed by atoms with Crippen LogP contribution < -0.4 is 10.0 Å². The number of rotatable bonds is 7. The number of hydrogen-bond acceptors (Lipinski definition) is 6. The molecule has 0 aliphatic carbocycles. The van der Waals surface area contributed by atoms with Crippen LogP contribution in [0.15, 0.2) is 17.0 Å². The van der Waals surface area contributed by atoms with Gasteiger partial charge in [-0.1, -0.05) is 6.92 Å². The van der Waals surface area contributed by atoms with E-state index in [1.54, 1.807) is 6.07 Å². The average Bonchev–Trinajstić information content (AvgIpc) is 2.82. The molecule has 2 aromatic rings. The van der Waals surface area contributed by atoms with Gasteiger partial charge in [0.25, 0.3) is 0 Å². The summed E-state index contributed by atoms with van der Waals surface area (Å²) in [5.41, 5.74) is 0.963. The van der Waals surface area contributed by atoms with Crippen molar-refractivity contribution in [2.24, 2.45) is 0 Å². The molecule has 0 aliphatic rings. The number of thiophene rings is 1. The largest absolute Gasteiger partial charge is 0.369 e. The van der Waals surface area contributed by atoms with E-state index >= 15 is 0 Å². The zero-order chi connectivity index (χ0) is 17.0. The number of nitrogens with one attached hydrogen (secondary N) is 2. The first kappa shape index (κ1) is 17.8. The smallest absolute Gasteiger partial charge is 0.241 e. The summed E-state index contributed by atoms with van der Waals surface area (Å²) in [6, 6.07) is 3.59.